The summed E-state index contributed by atoms with van der Waals surface area (Å²) < 4.78 is 17.5. The zero-order chi connectivity index (χ0) is 25.7. The van der Waals surface area contributed by atoms with E-state index in [0.717, 1.165) is 16.5 Å². The molecule has 0 spiro atoms. The molecule has 0 atom stereocenters. The molecule has 0 bridgehead atoms. The molecule has 0 amide bonds. The Hall–Kier alpha value is -5.02. The minimum Gasteiger partial charge on any atom is -0.493 e. The number of nitrogens with one attached hydrogen (secondary N) is 2. The highest BCUT2D eigenvalue weighted by molar-refractivity contribution is 5.94. The van der Waals surface area contributed by atoms with Gasteiger partial charge in [0, 0.05) is 23.2 Å². The predicted molar refractivity (Wildman–Crippen MR) is 137 cm³/mol. The molecule has 36 heavy (non-hydrogen) atoms. The van der Waals surface area contributed by atoms with E-state index in [1.165, 1.54) is 7.11 Å². The molecule has 9 heteroatoms. The molecule has 180 valence electrons. The Morgan fingerprint density at radius 2 is 1.56 bits per heavy atom. The van der Waals surface area contributed by atoms with Crippen LogP contribution in [0.4, 0.5) is 17.5 Å². The van der Waals surface area contributed by atoms with Crippen LogP contribution in [0.2, 0.25) is 0 Å². The first-order chi connectivity index (χ1) is 17.4. The molecule has 4 rings (SSSR count). The predicted octanol–water partition coefficient (Wildman–Crippen LogP) is 5.75. The zero-order valence-corrected chi connectivity index (χ0v) is 20.3. The first kappa shape index (κ1) is 24.1. The fourth-order valence-corrected chi connectivity index (χ4v) is 3.62. The number of hydrogen-bond donors (Lipinski definition) is 2. The van der Waals surface area contributed by atoms with Crippen LogP contribution in [-0.4, -0.2) is 30.2 Å². The van der Waals surface area contributed by atoms with Crippen molar-refractivity contribution in [3.63, 3.8) is 0 Å². The van der Waals surface area contributed by atoms with E-state index in [1.807, 2.05) is 19.9 Å². The number of anilines is 3. The van der Waals surface area contributed by atoms with Gasteiger partial charge in [-0.25, -0.2) is 0 Å². The molecule has 0 saturated carbocycles. The lowest BCUT2D eigenvalue weighted by atomic mass is 10.1. The van der Waals surface area contributed by atoms with Crippen molar-refractivity contribution < 1.29 is 14.2 Å². The average molecular weight is 481 g/mol. The molecule has 1 aromatic heterocycles. The third-order valence-corrected chi connectivity index (χ3v) is 5.18. The molecule has 3 aromatic carbocycles. The maximum atomic E-state index is 9.27. The number of fused-ring (bicyclic) bond motifs is 1. The minimum absolute atomic E-state index is 0.120. The summed E-state index contributed by atoms with van der Waals surface area (Å²) in [5, 5.41) is 26.3. The van der Waals surface area contributed by atoms with Crippen LogP contribution in [0.25, 0.3) is 10.8 Å². The number of methoxy groups -OCH3 is 2. The van der Waals surface area contributed by atoms with E-state index in [4.69, 9.17) is 19.5 Å². The van der Waals surface area contributed by atoms with E-state index >= 15 is 0 Å². The quantitative estimate of drug-likeness (QED) is 0.324. The maximum Gasteiger partial charge on any atom is 0.232 e. The van der Waals surface area contributed by atoms with Crippen molar-refractivity contribution in [1.82, 2.24) is 9.97 Å². The smallest absolute Gasteiger partial charge is 0.232 e. The lowest BCUT2D eigenvalue weighted by Crippen LogP contribution is -2.12. The molecular weight excluding hydrogens is 456 g/mol. The lowest BCUT2D eigenvalue weighted by molar-refractivity contribution is 0.345. The molecule has 0 aliphatic carbocycles. The number of nitrogens with zero attached hydrogens (tertiary/aromatic N) is 4. The van der Waals surface area contributed by atoms with Crippen molar-refractivity contribution in [3.8, 4) is 35.3 Å². The van der Waals surface area contributed by atoms with Gasteiger partial charge in [0.15, 0.2) is 11.5 Å². The molecule has 0 unspecified atom stereocenters. The molecule has 0 radical (unpaired) electrons. The summed E-state index contributed by atoms with van der Waals surface area (Å²) in [7, 11) is 3.08. The number of hydrogen-bond acceptors (Lipinski definition) is 9. The number of rotatable bonds is 8. The van der Waals surface area contributed by atoms with Gasteiger partial charge in [0.1, 0.15) is 5.82 Å². The van der Waals surface area contributed by atoms with Crippen LogP contribution in [0.3, 0.4) is 0 Å². The number of ether oxygens (including phenoxy) is 3. The molecule has 0 aliphatic rings. The summed E-state index contributed by atoms with van der Waals surface area (Å²) in [6.07, 6.45) is 0. The fraction of sp³-hybridized carbons (Fsp3) is 0.185. The van der Waals surface area contributed by atoms with Gasteiger partial charge in [-0.1, -0.05) is 0 Å². The van der Waals surface area contributed by atoms with E-state index in [-0.39, 0.29) is 11.9 Å². The van der Waals surface area contributed by atoms with E-state index in [1.54, 1.807) is 55.6 Å². The Morgan fingerprint density at radius 3 is 2.19 bits per heavy atom. The molecule has 4 aromatic rings. The topological polar surface area (TPSA) is 125 Å². The second-order valence-electron chi connectivity index (χ2n) is 8.12. The summed E-state index contributed by atoms with van der Waals surface area (Å²) in [6.45, 7) is 4.00. The number of benzene rings is 3. The summed E-state index contributed by atoms with van der Waals surface area (Å²) >= 11 is 0. The van der Waals surface area contributed by atoms with Gasteiger partial charge in [0.2, 0.25) is 17.6 Å². The highest BCUT2D eigenvalue weighted by Gasteiger charge is 2.19. The van der Waals surface area contributed by atoms with Crippen LogP contribution < -0.4 is 24.8 Å². The number of aromatic nitrogens is 2. The lowest BCUT2D eigenvalue weighted by Gasteiger charge is -2.17. The minimum atomic E-state index is 0.120. The Balaban J connectivity index is 1.77. The van der Waals surface area contributed by atoms with Crippen molar-refractivity contribution in [2.45, 2.75) is 19.9 Å². The highest BCUT2D eigenvalue weighted by Crippen LogP contribution is 2.45. The highest BCUT2D eigenvalue weighted by atomic mass is 16.5. The molecule has 1 heterocycles. The van der Waals surface area contributed by atoms with Crippen LogP contribution in [0.1, 0.15) is 25.0 Å². The molecule has 2 N–H and O–H groups in total. The molecule has 9 nitrogen and oxygen atoms in total. The summed E-state index contributed by atoms with van der Waals surface area (Å²) in [4.78, 5) is 9.06. The summed E-state index contributed by atoms with van der Waals surface area (Å²) in [5.74, 6) is 2.34. The molecule has 0 saturated heterocycles. The van der Waals surface area contributed by atoms with Crippen LogP contribution in [-0.2, 0) is 0 Å². The summed E-state index contributed by atoms with van der Waals surface area (Å²) in [5.41, 5.74) is 1.80. The van der Waals surface area contributed by atoms with Crippen LogP contribution >= 0.6 is 0 Å². The summed E-state index contributed by atoms with van der Waals surface area (Å²) in [6, 6.07) is 20.1. The van der Waals surface area contributed by atoms with Crippen molar-refractivity contribution in [3.05, 3.63) is 65.7 Å². The SMILES string of the molecule is COc1cc2cc(C#N)ccc2c(OC)c1Oc1cc(NC(C)C)nc(Nc2ccc(C#N)cc2)n1. The first-order valence-electron chi connectivity index (χ1n) is 11.1. The second-order valence-corrected chi connectivity index (χ2v) is 8.12. The van der Waals surface area contributed by atoms with Crippen molar-refractivity contribution >= 4 is 28.2 Å². The monoisotopic (exact) mass is 480 g/mol. The third kappa shape index (κ3) is 5.21. The van der Waals surface area contributed by atoms with Gasteiger partial charge in [0.05, 0.1) is 37.5 Å². The normalized spacial score (nSPS) is 10.4. The van der Waals surface area contributed by atoms with Crippen molar-refractivity contribution in [2.24, 2.45) is 0 Å². The van der Waals surface area contributed by atoms with Gasteiger partial charge in [-0.15, -0.1) is 0 Å². The average Bonchev–Trinajstić information content (AvgIpc) is 2.87. The Bertz CT molecular complexity index is 1490. The number of nitriles is 2. The Labute approximate surface area is 208 Å². The molecule has 0 fully saturated rings. The second kappa shape index (κ2) is 10.5. The standard InChI is InChI=1S/C27H24N6O3/c1-16(2)30-23-13-24(33-27(32-23)31-20-8-5-17(14-28)6-9-20)36-26-22(34-3)12-19-11-18(15-29)7-10-21(19)25(26)35-4/h5-13,16H,1-4H3,(H2,30,31,32,33). The van der Waals surface area contributed by atoms with Crippen molar-refractivity contribution in [2.75, 3.05) is 24.9 Å². The van der Waals surface area contributed by atoms with E-state index in [2.05, 4.69) is 32.7 Å². The Morgan fingerprint density at radius 1 is 0.833 bits per heavy atom. The van der Waals surface area contributed by atoms with Gasteiger partial charge in [-0.3, -0.25) is 0 Å². The van der Waals surface area contributed by atoms with Crippen LogP contribution in [0.15, 0.2) is 54.6 Å². The first-order valence-corrected chi connectivity index (χ1v) is 11.1. The van der Waals surface area contributed by atoms with E-state index in [0.29, 0.717) is 40.1 Å². The van der Waals surface area contributed by atoms with Gasteiger partial charge in [-0.2, -0.15) is 20.5 Å². The largest absolute Gasteiger partial charge is 0.493 e. The van der Waals surface area contributed by atoms with E-state index in [9.17, 15) is 5.26 Å². The third-order valence-electron chi connectivity index (χ3n) is 5.18. The van der Waals surface area contributed by atoms with Gasteiger partial charge in [0.25, 0.3) is 0 Å². The fourth-order valence-electron chi connectivity index (χ4n) is 3.62. The van der Waals surface area contributed by atoms with Crippen molar-refractivity contribution in [1.29, 1.82) is 10.5 Å². The van der Waals surface area contributed by atoms with Gasteiger partial charge in [-0.05, 0) is 67.8 Å². The van der Waals surface area contributed by atoms with E-state index < -0.39 is 0 Å². The molecule has 0 aliphatic heterocycles. The Kier molecular flexibility index (Phi) is 7.03. The maximum absolute atomic E-state index is 9.27. The van der Waals surface area contributed by atoms with Crippen LogP contribution in [0.5, 0.6) is 23.1 Å². The van der Waals surface area contributed by atoms with Gasteiger partial charge >= 0.3 is 0 Å². The molecular formula is C27H24N6O3. The zero-order valence-electron chi connectivity index (χ0n) is 20.3. The van der Waals surface area contributed by atoms with Crippen LogP contribution in [0, 0.1) is 22.7 Å². The van der Waals surface area contributed by atoms with Gasteiger partial charge < -0.3 is 24.8 Å².